The van der Waals surface area contributed by atoms with E-state index in [2.05, 4.69) is 36.5 Å². The molecule has 0 aliphatic rings. The fourth-order valence-electron chi connectivity index (χ4n) is 2.03. The number of carbonyl (C=O) groups is 1. The second-order valence-electron chi connectivity index (χ2n) is 4.98. The van der Waals surface area contributed by atoms with Crippen molar-refractivity contribution < 1.29 is 4.79 Å². The number of para-hydroxylation sites is 1. The van der Waals surface area contributed by atoms with Gasteiger partial charge < -0.3 is 5.32 Å². The molecule has 0 aliphatic heterocycles. The zero-order chi connectivity index (χ0) is 15.2. The lowest BCUT2D eigenvalue weighted by Gasteiger charge is -2.09. The predicted molar refractivity (Wildman–Crippen MR) is 89.2 cm³/mol. The van der Waals surface area contributed by atoms with Gasteiger partial charge in [0.05, 0.1) is 15.7 Å². The maximum absolute atomic E-state index is 11.9. The SMILES string of the molecule is Cc1ccc(CCCC(=O)Nc2c(Cl)cccc2Cl)cc1. The van der Waals surface area contributed by atoms with E-state index in [4.69, 9.17) is 23.2 Å². The lowest BCUT2D eigenvalue weighted by atomic mass is 10.1. The first-order chi connectivity index (χ1) is 10.1. The molecule has 2 nitrogen and oxygen atoms in total. The Labute approximate surface area is 135 Å². The van der Waals surface area contributed by atoms with Crippen molar-refractivity contribution in [3.63, 3.8) is 0 Å². The Bertz CT molecular complexity index is 603. The van der Waals surface area contributed by atoms with Crippen LogP contribution < -0.4 is 5.32 Å². The minimum atomic E-state index is -0.0721. The third-order valence-electron chi connectivity index (χ3n) is 3.22. The van der Waals surface area contributed by atoms with Crippen molar-refractivity contribution in [2.24, 2.45) is 0 Å². The highest BCUT2D eigenvalue weighted by Crippen LogP contribution is 2.29. The maximum atomic E-state index is 11.9. The number of hydrogen-bond acceptors (Lipinski definition) is 1. The van der Waals surface area contributed by atoms with Crippen LogP contribution in [0.1, 0.15) is 24.0 Å². The Morgan fingerprint density at radius 3 is 2.29 bits per heavy atom. The van der Waals surface area contributed by atoms with Crippen LogP contribution in [0.2, 0.25) is 10.0 Å². The molecule has 0 aliphatic carbocycles. The van der Waals surface area contributed by atoms with Crippen LogP contribution >= 0.6 is 23.2 Å². The van der Waals surface area contributed by atoms with Gasteiger partial charge in [0.1, 0.15) is 0 Å². The number of halogens is 2. The number of benzene rings is 2. The minimum absolute atomic E-state index is 0.0721. The topological polar surface area (TPSA) is 29.1 Å². The molecule has 0 fully saturated rings. The third-order valence-corrected chi connectivity index (χ3v) is 3.85. The third kappa shape index (κ3) is 4.76. The second kappa shape index (κ2) is 7.48. The van der Waals surface area contributed by atoms with Crippen LogP contribution in [0.15, 0.2) is 42.5 Å². The summed E-state index contributed by atoms with van der Waals surface area (Å²) < 4.78 is 0. The summed E-state index contributed by atoms with van der Waals surface area (Å²) in [6.07, 6.45) is 2.11. The summed E-state index contributed by atoms with van der Waals surface area (Å²) in [5.74, 6) is -0.0721. The summed E-state index contributed by atoms with van der Waals surface area (Å²) >= 11 is 12.0. The first-order valence-electron chi connectivity index (χ1n) is 6.85. The smallest absolute Gasteiger partial charge is 0.224 e. The number of anilines is 1. The average molecular weight is 322 g/mol. The fourth-order valence-corrected chi connectivity index (χ4v) is 2.52. The number of hydrogen-bond donors (Lipinski definition) is 1. The summed E-state index contributed by atoms with van der Waals surface area (Å²) in [6, 6.07) is 13.5. The van der Waals surface area contributed by atoms with Crippen LogP contribution in [0.5, 0.6) is 0 Å². The summed E-state index contributed by atoms with van der Waals surface area (Å²) in [6.45, 7) is 2.06. The number of aryl methyl sites for hydroxylation is 2. The van der Waals surface area contributed by atoms with Crippen LogP contribution in [0, 0.1) is 6.92 Å². The number of amides is 1. The molecule has 2 rings (SSSR count). The van der Waals surface area contributed by atoms with Crippen LogP contribution in [0.3, 0.4) is 0 Å². The van der Waals surface area contributed by atoms with Gasteiger partial charge in [-0.15, -0.1) is 0 Å². The van der Waals surface area contributed by atoms with Gasteiger partial charge in [0.15, 0.2) is 0 Å². The summed E-state index contributed by atoms with van der Waals surface area (Å²) in [5, 5.41) is 3.68. The minimum Gasteiger partial charge on any atom is -0.324 e. The zero-order valence-electron chi connectivity index (χ0n) is 11.8. The van der Waals surface area contributed by atoms with Gasteiger partial charge in [-0.1, -0.05) is 59.1 Å². The van der Waals surface area contributed by atoms with E-state index in [1.54, 1.807) is 18.2 Å². The van der Waals surface area contributed by atoms with E-state index in [-0.39, 0.29) is 5.91 Å². The van der Waals surface area contributed by atoms with Crippen molar-refractivity contribution in [3.05, 3.63) is 63.6 Å². The molecule has 0 aromatic heterocycles. The molecule has 0 radical (unpaired) electrons. The lowest BCUT2D eigenvalue weighted by molar-refractivity contribution is -0.116. The molecule has 21 heavy (non-hydrogen) atoms. The molecule has 0 unspecified atom stereocenters. The molecule has 0 heterocycles. The summed E-state index contributed by atoms with van der Waals surface area (Å²) in [5.41, 5.74) is 2.97. The monoisotopic (exact) mass is 321 g/mol. The Balaban J connectivity index is 1.84. The molecule has 2 aromatic rings. The van der Waals surface area contributed by atoms with E-state index in [0.29, 0.717) is 22.2 Å². The van der Waals surface area contributed by atoms with Crippen molar-refractivity contribution in [1.29, 1.82) is 0 Å². The predicted octanol–water partition coefficient (Wildman–Crippen LogP) is 5.26. The molecular formula is C17H17Cl2NO. The van der Waals surface area contributed by atoms with E-state index in [9.17, 15) is 4.79 Å². The highest BCUT2D eigenvalue weighted by molar-refractivity contribution is 6.39. The van der Waals surface area contributed by atoms with Gasteiger partial charge in [-0.05, 0) is 37.5 Å². The van der Waals surface area contributed by atoms with Gasteiger partial charge >= 0.3 is 0 Å². The van der Waals surface area contributed by atoms with Crippen LogP contribution in [-0.2, 0) is 11.2 Å². The molecule has 1 N–H and O–H groups in total. The highest BCUT2D eigenvalue weighted by atomic mass is 35.5. The lowest BCUT2D eigenvalue weighted by Crippen LogP contribution is -2.12. The van der Waals surface area contributed by atoms with Gasteiger partial charge in [0, 0.05) is 6.42 Å². The molecular weight excluding hydrogens is 305 g/mol. The standard InChI is InChI=1S/C17H17Cl2NO/c1-12-8-10-13(11-9-12)4-2-7-16(21)20-17-14(18)5-3-6-15(17)19/h3,5-6,8-11H,2,4,7H2,1H3,(H,20,21). The van der Waals surface area contributed by atoms with E-state index >= 15 is 0 Å². The van der Waals surface area contributed by atoms with Crippen molar-refractivity contribution >= 4 is 34.8 Å². The maximum Gasteiger partial charge on any atom is 0.224 e. The molecule has 0 atom stereocenters. The quantitative estimate of drug-likeness (QED) is 0.799. The zero-order valence-corrected chi connectivity index (χ0v) is 13.3. The average Bonchev–Trinajstić information content (AvgIpc) is 2.45. The fraction of sp³-hybridized carbons (Fsp3) is 0.235. The first kappa shape index (κ1) is 15.9. The molecule has 1 amide bonds. The van der Waals surface area contributed by atoms with Gasteiger partial charge in [-0.3, -0.25) is 4.79 Å². The van der Waals surface area contributed by atoms with Gasteiger partial charge in [-0.2, -0.15) is 0 Å². The number of carbonyl (C=O) groups excluding carboxylic acids is 1. The van der Waals surface area contributed by atoms with Gasteiger partial charge in [0.25, 0.3) is 0 Å². The van der Waals surface area contributed by atoms with E-state index in [1.807, 2.05) is 0 Å². The summed E-state index contributed by atoms with van der Waals surface area (Å²) in [4.78, 5) is 11.9. The van der Waals surface area contributed by atoms with Crippen molar-refractivity contribution in [2.45, 2.75) is 26.2 Å². The van der Waals surface area contributed by atoms with Crippen LogP contribution in [0.25, 0.3) is 0 Å². The Morgan fingerprint density at radius 1 is 1.05 bits per heavy atom. The molecule has 110 valence electrons. The van der Waals surface area contributed by atoms with Crippen LogP contribution in [-0.4, -0.2) is 5.91 Å². The van der Waals surface area contributed by atoms with Crippen LogP contribution in [0.4, 0.5) is 5.69 Å². The van der Waals surface area contributed by atoms with Gasteiger partial charge in [-0.25, -0.2) is 0 Å². The molecule has 0 saturated heterocycles. The Hall–Kier alpha value is -1.51. The molecule has 0 saturated carbocycles. The molecule has 4 heteroatoms. The van der Waals surface area contributed by atoms with E-state index < -0.39 is 0 Å². The second-order valence-corrected chi connectivity index (χ2v) is 5.80. The Morgan fingerprint density at radius 2 is 1.67 bits per heavy atom. The first-order valence-corrected chi connectivity index (χ1v) is 7.61. The van der Waals surface area contributed by atoms with Gasteiger partial charge in [0.2, 0.25) is 5.91 Å². The normalized spacial score (nSPS) is 10.4. The van der Waals surface area contributed by atoms with Crippen molar-refractivity contribution in [1.82, 2.24) is 0 Å². The van der Waals surface area contributed by atoms with E-state index in [1.165, 1.54) is 11.1 Å². The molecule has 0 spiro atoms. The van der Waals surface area contributed by atoms with E-state index in [0.717, 1.165) is 12.8 Å². The van der Waals surface area contributed by atoms with Crippen molar-refractivity contribution in [3.8, 4) is 0 Å². The highest BCUT2D eigenvalue weighted by Gasteiger charge is 2.09. The molecule has 2 aromatic carbocycles. The largest absolute Gasteiger partial charge is 0.324 e. The Kier molecular flexibility index (Phi) is 5.66. The van der Waals surface area contributed by atoms with Crippen molar-refractivity contribution in [2.75, 3.05) is 5.32 Å². The molecule has 0 bridgehead atoms. The number of rotatable bonds is 5. The number of nitrogens with one attached hydrogen (secondary N) is 1. The summed E-state index contributed by atoms with van der Waals surface area (Å²) in [7, 11) is 0.